The third kappa shape index (κ3) is 2.36. The van der Waals surface area contributed by atoms with E-state index in [0.29, 0.717) is 18.7 Å². The van der Waals surface area contributed by atoms with Crippen LogP contribution in [0.5, 0.6) is 0 Å². The largest absolute Gasteiger partial charge is 0.478 e. The Morgan fingerprint density at radius 1 is 1.08 bits per heavy atom. The highest BCUT2D eigenvalue weighted by molar-refractivity contribution is 6.05. The number of hydrogen-bond acceptors (Lipinski definition) is 4. The van der Waals surface area contributed by atoms with E-state index in [0.717, 1.165) is 11.3 Å². The Balaban J connectivity index is 2.24. The van der Waals surface area contributed by atoms with Crippen molar-refractivity contribution in [1.82, 2.24) is 0 Å². The van der Waals surface area contributed by atoms with Gasteiger partial charge in [-0.3, -0.25) is 10.0 Å². The molecule has 3 rings (SSSR count). The number of aromatic carboxylic acids is 2. The first-order valence-corrected chi connectivity index (χ1v) is 7.68. The average Bonchev–Trinajstić information content (AvgIpc) is 2.91. The number of hydrazine groups is 1. The zero-order chi connectivity index (χ0) is 17.4. The Kier molecular flexibility index (Phi) is 3.89. The molecule has 124 valence electrons. The maximum absolute atomic E-state index is 11.8. The maximum atomic E-state index is 11.8. The summed E-state index contributed by atoms with van der Waals surface area (Å²) in [6.45, 7) is 4.67. The Hall–Kier alpha value is -3.02. The van der Waals surface area contributed by atoms with Crippen molar-refractivity contribution in [2.45, 2.75) is 20.4 Å². The van der Waals surface area contributed by atoms with Crippen molar-refractivity contribution in [2.24, 2.45) is 0 Å². The molecule has 0 saturated heterocycles. The van der Waals surface area contributed by atoms with E-state index in [1.54, 1.807) is 11.9 Å². The van der Waals surface area contributed by atoms with Crippen molar-refractivity contribution in [2.75, 3.05) is 16.6 Å². The predicted octanol–water partition coefficient (Wildman–Crippen LogP) is 3.15. The number of hydrogen-bond donors (Lipinski definition) is 2. The predicted molar refractivity (Wildman–Crippen MR) is 90.7 cm³/mol. The zero-order valence-electron chi connectivity index (χ0n) is 13.5. The van der Waals surface area contributed by atoms with Crippen LogP contribution in [0.1, 0.15) is 38.8 Å². The summed E-state index contributed by atoms with van der Waals surface area (Å²) in [7, 11) is 0. The molecule has 2 aromatic carbocycles. The van der Waals surface area contributed by atoms with Gasteiger partial charge in [0.05, 0.1) is 29.0 Å². The molecule has 6 heteroatoms. The highest BCUT2D eigenvalue weighted by atomic mass is 16.4. The van der Waals surface area contributed by atoms with E-state index in [9.17, 15) is 19.8 Å². The van der Waals surface area contributed by atoms with Crippen molar-refractivity contribution >= 4 is 23.3 Å². The number of fused-ring (bicyclic) bond motifs is 1. The molecule has 0 unspecified atom stereocenters. The van der Waals surface area contributed by atoms with Crippen LogP contribution in [0.2, 0.25) is 0 Å². The van der Waals surface area contributed by atoms with E-state index in [1.165, 1.54) is 12.1 Å². The molecule has 2 N–H and O–H groups in total. The van der Waals surface area contributed by atoms with Gasteiger partial charge in [0.1, 0.15) is 0 Å². The third-order valence-electron chi connectivity index (χ3n) is 4.27. The topological polar surface area (TPSA) is 81.1 Å². The van der Waals surface area contributed by atoms with Gasteiger partial charge in [-0.2, -0.15) is 0 Å². The van der Waals surface area contributed by atoms with Crippen LogP contribution in [0.25, 0.3) is 0 Å². The van der Waals surface area contributed by atoms with Crippen LogP contribution in [0.3, 0.4) is 0 Å². The Morgan fingerprint density at radius 3 is 2.42 bits per heavy atom. The van der Waals surface area contributed by atoms with E-state index >= 15 is 0 Å². The number of anilines is 2. The summed E-state index contributed by atoms with van der Waals surface area (Å²) in [4.78, 5) is 23.5. The molecule has 0 aliphatic carbocycles. The lowest BCUT2D eigenvalue weighted by Gasteiger charge is -2.33. The molecule has 0 saturated carbocycles. The second-order valence-corrected chi connectivity index (χ2v) is 5.67. The summed E-state index contributed by atoms with van der Waals surface area (Å²) in [6.07, 6.45) is 0. The minimum Gasteiger partial charge on any atom is -0.478 e. The number of para-hydroxylation sites is 1. The second-order valence-electron chi connectivity index (χ2n) is 5.67. The molecule has 0 spiro atoms. The van der Waals surface area contributed by atoms with Crippen molar-refractivity contribution in [3.63, 3.8) is 0 Å². The van der Waals surface area contributed by atoms with Crippen LogP contribution in [0, 0.1) is 6.92 Å². The quantitative estimate of drug-likeness (QED) is 0.898. The number of carbonyl (C=O) groups is 2. The monoisotopic (exact) mass is 326 g/mol. The summed E-state index contributed by atoms with van der Waals surface area (Å²) in [5.74, 6) is -2.27. The molecule has 0 radical (unpaired) electrons. The Labute approximate surface area is 139 Å². The Morgan fingerprint density at radius 2 is 1.79 bits per heavy atom. The fourth-order valence-corrected chi connectivity index (χ4v) is 3.22. The summed E-state index contributed by atoms with van der Waals surface area (Å²) < 4.78 is 0. The van der Waals surface area contributed by atoms with E-state index in [1.807, 2.05) is 36.2 Å². The highest BCUT2D eigenvalue weighted by Gasteiger charge is 2.33. The fourth-order valence-electron chi connectivity index (χ4n) is 3.22. The summed E-state index contributed by atoms with van der Waals surface area (Å²) in [5, 5.41) is 22.9. The standard InChI is InChI=1S/C18H18N2O4/c1-3-19-14-7-5-4-6-12(14)10-20(19)16-13(17(21)22)9-8-11(2)15(16)18(23)24/h4-9H,3,10H2,1-2H3,(H,21,22)(H,23,24). The van der Waals surface area contributed by atoms with Crippen molar-refractivity contribution in [1.29, 1.82) is 0 Å². The maximum Gasteiger partial charge on any atom is 0.338 e. The van der Waals surface area contributed by atoms with Gasteiger partial charge in [-0.15, -0.1) is 0 Å². The van der Waals surface area contributed by atoms with E-state index in [-0.39, 0.29) is 16.8 Å². The number of benzene rings is 2. The lowest BCUT2D eigenvalue weighted by molar-refractivity contribution is 0.0695. The van der Waals surface area contributed by atoms with Crippen molar-refractivity contribution < 1.29 is 19.8 Å². The molecule has 0 atom stereocenters. The first-order valence-electron chi connectivity index (χ1n) is 7.68. The van der Waals surface area contributed by atoms with E-state index in [2.05, 4.69) is 0 Å². The Bertz CT molecular complexity index is 832. The minimum absolute atomic E-state index is 0.00995. The molecule has 0 aromatic heterocycles. The van der Waals surface area contributed by atoms with Gasteiger partial charge in [0.25, 0.3) is 0 Å². The lowest BCUT2D eigenvalue weighted by atomic mass is 10.0. The zero-order valence-corrected chi connectivity index (χ0v) is 13.5. The van der Waals surface area contributed by atoms with Gasteiger partial charge in [0.15, 0.2) is 0 Å². The number of aryl methyl sites for hydroxylation is 1. The van der Waals surface area contributed by atoms with Crippen LogP contribution in [-0.4, -0.2) is 28.7 Å². The van der Waals surface area contributed by atoms with Crippen LogP contribution >= 0.6 is 0 Å². The lowest BCUT2D eigenvalue weighted by Crippen LogP contribution is -2.39. The van der Waals surface area contributed by atoms with Crippen LogP contribution < -0.4 is 10.0 Å². The van der Waals surface area contributed by atoms with E-state index in [4.69, 9.17) is 0 Å². The number of rotatable bonds is 4. The normalized spacial score (nSPS) is 13.1. The molecule has 0 bridgehead atoms. The van der Waals surface area contributed by atoms with Crippen LogP contribution in [0.4, 0.5) is 11.4 Å². The minimum atomic E-state index is -1.14. The number of carboxylic acids is 2. The fraction of sp³-hybridized carbons (Fsp3) is 0.222. The van der Waals surface area contributed by atoms with Gasteiger partial charge in [-0.1, -0.05) is 24.3 Å². The van der Waals surface area contributed by atoms with Gasteiger partial charge < -0.3 is 10.2 Å². The summed E-state index contributed by atoms with van der Waals surface area (Å²) in [6, 6.07) is 10.8. The SMILES string of the molecule is CCN1c2ccccc2CN1c1c(C(=O)O)ccc(C)c1C(=O)O. The second kappa shape index (κ2) is 5.88. The van der Waals surface area contributed by atoms with Gasteiger partial charge in [0, 0.05) is 6.54 Å². The van der Waals surface area contributed by atoms with Gasteiger partial charge in [-0.05, 0) is 37.1 Å². The molecule has 0 amide bonds. The molecule has 24 heavy (non-hydrogen) atoms. The molecular formula is C18H18N2O4. The summed E-state index contributed by atoms with van der Waals surface area (Å²) in [5.41, 5.74) is 2.79. The van der Waals surface area contributed by atoms with Crippen molar-refractivity contribution in [3.05, 3.63) is 58.7 Å². The number of carboxylic acid groups (broad SMARTS) is 2. The molecule has 1 aliphatic heterocycles. The molecular weight excluding hydrogens is 308 g/mol. The molecule has 6 nitrogen and oxygen atoms in total. The molecule has 1 heterocycles. The van der Waals surface area contributed by atoms with Gasteiger partial charge in [-0.25, -0.2) is 9.59 Å². The summed E-state index contributed by atoms with van der Waals surface area (Å²) >= 11 is 0. The van der Waals surface area contributed by atoms with E-state index < -0.39 is 11.9 Å². The first kappa shape index (κ1) is 15.9. The average molecular weight is 326 g/mol. The van der Waals surface area contributed by atoms with Crippen LogP contribution in [-0.2, 0) is 6.54 Å². The number of nitrogens with zero attached hydrogens (tertiary/aromatic N) is 2. The third-order valence-corrected chi connectivity index (χ3v) is 4.27. The molecule has 1 aliphatic rings. The highest BCUT2D eigenvalue weighted by Crippen LogP contribution is 2.38. The van der Waals surface area contributed by atoms with Gasteiger partial charge >= 0.3 is 11.9 Å². The first-order chi connectivity index (χ1) is 11.5. The van der Waals surface area contributed by atoms with Crippen LogP contribution in [0.15, 0.2) is 36.4 Å². The van der Waals surface area contributed by atoms with Gasteiger partial charge in [0.2, 0.25) is 0 Å². The molecule has 2 aromatic rings. The molecule has 0 fully saturated rings. The van der Waals surface area contributed by atoms with Crippen molar-refractivity contribution in [3.8, 4) is 0 Å². The smallest absolute Gasteiger partial charge is 0.338 e.